The number of halogens is 2. The molecule has 1 amide bonds. The van der Waals surface area contributed by atoms with E-state index in [4.69, 9.17) is 11.6 Å². The van der Waals surface area contributed by atoms with Gasteiger partial charge in [0.05, 0.1) is 16.4 Å². The SMILES string of the molecule is CN(C)c1ccccc1NC(=O)c1ccc(Br)c(Cl)c1. The van der Waals surface area contributed by atoms with Gasteiger partial charge in [-0.3, -0.25) is 4.79 Å². The van der Waals surface area contributed by atoms with Crippen LogP contribution < -0.4 is 10.2 Å². The van der Waals surface area contributed by atoms with Gasteiger partial charge in [0.25, 0.3) is 5.91 Å². The summed E-state index contributed by atoms with van der Waals surface area (Å²) in [4.78, 5) is 14.2. The number of para-hydroxylation sites is 2. The Hall–Kier alpha value is -1.52. The van der Waals surface area contributed by atoms with Crippen molar-refractivity contribution < 1.29 is 4.79 Å². The van der Waals surface area contributed by atoms with Crippen molar-refractivity contribution in [2.75, 3.05) is 24.3 Å². The summed E-state index contributed by atoms with van der Waals surface area (Å²) in [5, 5.41) is 3.41. The molecule has 3 nitrogen and oxygen atoms in total. The van der Waals surface area contributed by atoms with Crippen LogP contribution in [-0.4, -0.2) is 20.0 Å². The molecule has 0 fully saturated rings. The monoisotopic (exact) mass is 352 g/mol. The average Bonchev–Trinajstić information content (AvgIpc) is 2.42. The fourth-order valence-electron chi connectivity index (χ4n) is 1.80. The van der Waals surface area contributed by atoms with Crippen LogP contribution in [0, 0.1) is 0 Å². The number of hydrogen-bond acceptors (Lipinski definition) is 2. The van der Waals surface area contributed by atoms with Crippen LogP contribution in [0.3, 0.4) is 0 Å². The molecule has 2 aromatic rings. The lowest BCUT2D eigenvalue weighted by atomic mass is 10.2. The van der Waals surface area contributed by atoms with Crippen LogP contribution in [0.25, 0.3) is 0 Å². The van der Waals surface area contributed by atoms with Crippen molar-refractivity contribution in [3.8, 4) is 0 Å². The van der Waals surface area contributed by atoms with E-state index >= 15 is 0 Å². The maximum Gasteiger partial charge on any atom is 0.255 e. The molecule has 0 bridgehead atoms. The van der Waals surface area contributed by atoms with Crippen LogP contribution in [0.5, 0.6) is 0 Å². The number of benzene rings is 2. The maximum absolute atomic E-state index is 12.2. The van der Waals surface area contributed by atoms with Crippen molar-refractivity contribution in [3.63, 3.8) is 0 Å². The molecule has 0 aromatic heterocycles. The predicted molar refractivity (Wildman–Crippen MR) is 87.9 cm³/mol. The Morgan fingerprint density at radius 1 is 1.20 bits per heavy atom. The van der Waals surface area contributed by atoms with Gasteiger partial charge in [-0.1, -0.05) is 23.7 Å². The minimum atomic E-state index is -0.186. The van der Waals surface area contributed by atoms with Gasteiger partial charge < -0.3 is 10.2 Å². The van der Waals surface area contributed by atoms with E-state index in [0.717, 1.165) is 15.8 Å². The van der Waals surface area contributed by atoms with Gasteiger partial charge in [-0.25, -0.2) is 0 Å². The average molecular weight is 354 g/mol. The van der Waals surface area contributed by atoms with E-state index in [9.17, 15) is 4.79 Å². The molecule has 20 heavy (non-hydrogen) atoms. The van der Waals surface area contributed by atoms with Crippen LogP contribution >= 0.6 is 27.5 Å². The number of nitrogens with one attached hydrogen (secondary N) is 1. The number of nitrogens with zero attached hydrogens (tertiary/aromatic N) is 1. The summed E-state index contributed by atoms with van der Waals surface area (Å²) < 4.78 is 0.768. The highest BCUT2D eigenvalue weighted by atomic mass is 79.9. The molecule has 1 N–H and O–H groups in total. The Morgan fingerprint density at radius 2 is 1.90 bits per heavy atom. The molecule has 104 valence electrons. The molecule has 0 spiro atoms. The maximum atomic E-state index is 12.2. The first kappa shape index (κ1) is 14.9. The minimum absolute atomic E-state index is 0.186. The molecule has 0 aliphatic carbocycles. The molecule has 0 saturated heterocycles. The first-order chi connectivity index (χ1) is 9.49. The third-order valence-electron chi connectivity index (χ3n) is 2.82. The highest BCUT2D eigenvalue weighted by Gasteiger charge is 2.11. The van der Waals surface area contributed by atoms with Crippen molar-refractivity contribution in [2.24, 2.45) is 0 Å². The molecule has 0 unspecified atom stereocenters. The van der Waals surface area contributed by atoms with Gasteiger partial charge in [0.1, 0.15) is 0 Å². The number of anilines is 2. The molecular weight excluding hydrogens is 340 g/mol. The number of hydrogen-bond donors (Lipinski definition) is 1. The second kappa shape index (κ2) is 6.29. The van der Waals surface area contributed by atoms with E-state index in [1.807, 2.05) is 43.3 Å². The zero-order valence-electron chi connectivity index (χ0n) is 11.2. The summed E-state index contributed by atoms with van der Waals surface area (Å²) >= 11 is 9.31. The lowest BCUT2D eigenvalue weighted by molar-refractivity contribution is 0.102. The Kier molecular flexibility index (Phi) is 4.68. The van der Waals surface area contributed by atoms with E-state index in [0.29, 0.717) is 10.6 Å². The van der Waals surface area contributed by atoms with Gasteiger partial charge >= 0.3 is 0 Å². The molecule has 0 saturated carbocycles. The first-order valence-electron chi connectivity index (χ1n) is 6.02. The van der Waals surface area contributed by atoms with E-state index in [2.05, 4.69) is 21.2 Å². The van der Waals surface area contributed by atoms with Crippen molar-refractivity contribution in [1.82, 2.24) is 0 Å². The lowest BCUT2D eigenvalue weighted by Gasteiger charge is -2.17. The van der Waals surface area contributed by atoms with Gasteiger partial charge in [-0.15, -0.1) is 0 Å². The number of rotatable bonds is 3. The molecule has 0 radical (unpaired) electrons. The second-order valence-electron chi connectivity index (χ2n) is 4.49. The van der Waals surface area contributed by atoms with Gasteiger partial charge in [0, 0.05) is 24.1 Å². The Bertz CT molecular complexity index is 644. The van der Waals surface area contributed by atoms with Crippen LogP contribution in [0.4, 0.5) is 11.4 Å². The van der Waals surface area contributed by atoms with E-state index in [1.54, 1.807) is 18.2 Å². The van der Waals surface area contributed by atoms with Crippen molar-refractivity contribution in [2.45, 2.75) is 0 Å². The summed E-state index contributed by atoms with van der Waals surface area (Å²) in [5.74, 6) is -0.186. The van der Waals surface area contributed by atoms with Crippen LogP contribution in [-0.2, 0) is 0 Å². The van der Waals surface area contributed by atoms with Crippen LogP contribution in [0.15, 0.2) is 46.9 Å². The van der Waals surface area contributed by atoms with Gasteiger partial charge in [-0.2, -0.15) is 0 Å². The van der Waals surface area contributed by atoms with Gasteiger partial charge in [-0.05, 0) is 46.3 Å². The summed E-state index contributed by atoms with van der Waals surface area (Å²) in [6.07, 6.45) is 0. The third-order valence-corrected chi connectivity index (χ3v) is 4.05. The topological polar surface area (TPSA) is 32.3 Å². The Morgan fingerprint density at radius 3 is 2.55 bits per heavy atom. The summed E-state index contributed by atoms with van der Waals surface area (Å²) in [6, 6.07) is 12.8. The summed E-state index contributed by atoms with van der Waals surface area (Å²) in [6.45, 7) is 0. The largest absolute Gasteiger partial charge is 0.376 e. The number of amides is 1. The fourth-order valence-corrected chi connectivity index (χ4v) is 2.23. The van der Waals surface area contributed by atoms with Crippen LogP contribution in [0.1, 0.15) is 10.4 Å². The zero-order valence-corrected chi connectivity index (χ0v) is 13.5. The highest BCUT2D eigenvalue weighted by Crippen LogP contribution is 2.26. The predicted octanol–water partition coefficient (Wildman–Crippen LogP) is 4.42. The molecule has 2 rings (SSSR count). The van der Waals surface area contributed by atoms with Crippen molar-refractivity contribution in [1.29, 1.82) is 0 Å². The van der Waals surface area contributed by atoms with E-state index in [-0.39, 0.29) is 5.91 Å². The molecule has 5 heteroatoms. The molecule has 0 aliphatic rings. The second-order valence-corrected chi connectivity index (χ2v) is 5.76. The first-order valence-corrected chi connectivity index (χ1v) is 7.19. The standard InChI is InChI=1S/C15H14BrClN2O/c1-19(2)14-6-4-3-5-13(14)18-15(20)10-7-8-11(16)12(17)9-10/h3-9H,1-2H3,(H,18,20). The fraction of sp³-hybridized carbons (Fsp3) is 0.133. The summed E-state index contributed by atoms with van der Waals surface area (Å²) in [5.41, 5.74) is 2.23. The molecule has 2 aromatic carbocycles. The number of carbonyl (C=O) groups excluding carboxylic acids is 1. The smallest absolute Gasteiger partial charge is 0.255 e. The normalized spacial score (nSPS) is 10.2. The lowest BCUT2D eigenvalue weighted by Crippen LogP contribution is -2.16. The van der Waals surface area contributed by atoms with E-state index in [1.165, 1.54) is 0 Å². The Balaban J connectivity index is 2.26. The van der Waals surface area contributed by atoms with Gasteiger partial charge in [0.2, 0.25) is 0 Å². The third kappa shape index (κ3) is 3.32. The molecule has 0 aliphatic heterocycles. The van der Waals surface area contributed by atoms with Gasteiger partial charge in [0.15, 0.2) is 0 Å². The molecular formula is C15H14BrClN2O. The quantitative estimate of drug-likeness (QED) is 0.886. The number of carbonyl (C=O) groups is 1. The minimum Gasteiger partial charge on any atom is -0.376 e. The van der Waals surface area contributed by atoms with E-state index < -0.39 is 0 Å². The summed E-state index contributed by atoms with van der Waals surface area (Å²) in [7, 11) is 3.86. The Labute approximate surface area is 131 Å². The molecule has 0 heterocycles. The molecule has 0 atom stereocenters. The highest BCUT2D eigenvalue weighted by molar-refractivity contribution is 9.10. The van der Waals surface area contributed by atoms with Crippen LogP contribution in [0.2, 0.25) is 5.02 Å². The van der Waals surface area contributed by atoms with Crippen molar-refractivity contribution in [3.05, 3.63) is 57.5 Å². The van der Waals surface area contributed by atoms with Crippen molar-refractivity contribution >= 4 is 44.8 Å². The zero-order chi connectivity index (χ0) is 14.7.